The second kappa shape index (κ2) is 7.91. The number of methoxy groups -OCH3 is 1. The van der Waals surface area contributed by atoms with E-state index in [1.54, 1.807) is 37.3 Å². The van der Waals surface area contributed by atoms with Crippen molar-refractivity contribution in [2.24, 2.45) is 0 Å². The second-order valence-electron chi connectivity index (χ2n) is 5.15. The number of hydrogen-bond donors (Lipinski definition) is 2. The smallest absolute Gasteiger partial charge is 0.339 e. The summed E-state index contributed by atoms with van der Waals surface area (Å²) in [6, 6.07) is 11.1. The summed E-state index contributed by atoms with van der Waals surface area (Å²) in [7, 11) is 1.26. The molecule has 0 aliphatic carbocycles. The summed E-state index contributed by atoms with van der Waals surface area (Å²) in [5.41, 5.74) is 1.48. The van der Waals surface area contributed by atoms with Crippen LogP contribution in [0.5, 0.6) is 0 Å². The number of rotatable bonds is 6. The highest BCUT2D eigenvalue weighted by Crippen LogP contribution is 2.24. The van der Waals surface area contributed by atoms with Gasteiger partial charge in [0.15, 0.2) is 0 Å². The van der Waals surface area contributed by atoms with E-state index in [0.717, 1.165) is 0 Å². The van der Waals surface area contributed by atoms with E-state index in [0.29, 0.717) is 16.9 Å². The normalized spacial score (nSPS) is 10.0. The maximum atomic E-state index is 12.1. The Kier molecular flexibility index (Phi) is 5.67. The Morgan fingerprint density at radius 3 is 2.48 bits per heavy atom. The van der Waals surface area contributed by atoms with E-state index in [1.807, 2.05) is 0 Å². The SMILES string of the molecule is COC(=O)c1ccccc1NC(=O)CNc1cccc([N+](=O)[O-])c1C. The molecule has 0 saturated heterocycles. The van der Waals surface area contributed by atoms with E-state index >= 15 is 0 Å². The van der Waals surface area contributed by atoms with Gasteiger partial charge in [0.2, 0.25) is 5.91 Å². The third-order valence-corrected chi connectivity index (χ3v) is 3.55. The first-order valence-corrected chi connectivity index (χ1v) is 7.39. The zero-order valence-electron chi connectivity index (χ0n) is 13.7. The third kappa shape index (κ3) is 4.31. The van der Waals surface area contributed by atoms with Crippen molar-refractivity contribution in [3.8, 4) is 0 Å². The number of esters is 1. The fourth-order valence-electron chi connectivity index (χ4n) is 2.26. The maximum absolute atomic E-state index is 12.1. The van der Waals surface area contributed by atoms with Crippen LogP contribution >= 0.6 is 0 Å². The lowest BCUT2D eigenvalue weighted by molar-refractivity contribution is -0.385. The van der Waals surface area contributed by atoms with Crippen molar-refractivity contribution in [1.29, 1.82) is 0 Å². The molecule has 0 spiro atoms. The van der Waals surface area contributed by atoms with Crippen LogP contribution < -0.4 is 10.6 Å². The first-order chi connectivity index (χ1) is 11.9. The summed E-state index contributed by atoms with van der Waals surface area (Å²) in [6.07, 6.45) is 0. The average molecular weight is 343 g/mol. The highest BCUT2D eigenvalue weighted by molar-refractivity contribution is 6.02. The summed E-state index contributed by atoms with van der Waals surface area (Å²) < 4.78 is 4.67. The molecule has 1 amide bonds. The van der Waals surface area contributed by atoms with Gasteiger partial charge in [-0.25, -0.2) is 4.79 Å². The second-order valence-corrected chi connectivity index (χ2v) is 5.15. The molecule has 8 nitrogen and oxygen atoms in total. The Balaban J connectivity index is 2.07. The van der Waals surface area contributed by atoms with Gasteiger partial charge < -0.3 is 15.4 Å². The molecule has 0 saturated carbocycles. The van der Waals surface area contributed by atoms with Crippen LogP contribution in [0, 0.1) is 17.0 Å². The molecule has 2 aromatic rings. The summed E-state index contributed by atoms with van der Waals surface area (Å²) in [5.74, 6) is -0.958. The highest BCUT2D eigenvalue weighted by atomic mass is 16.6. The summed E-state index contributed by atoms with van der Waals surface area (Å²) in [4.78, 5) is 34.3. The Morgan fingerprint density at radius 1 is 1.12 bits per heavy atom. The minimum Gasteiger partial charge on any atom is -0.465 e. The number of hydrogen-bond acceptors (Lipinski definition) is 6. The predicted octanol–water partition coefficient (Wildman–Crippen LogP) is 2.74. The van der Waals surface area contributed by atoms with Crippen molar-refractivity contribution in [2.75, 3.05) is 24.3 Å². The number of benzene rings is 2. The van der Waals surface area contributed by atoms with E-state index in [2.05, 4.69) is 15.4 Å². The molecule has 2 aromatic carbocycles. The van der Waals surface area contributed by atoms with E-state index in [9.17, 15) is 19.7 Å². The average Bonchev–Trinajstić information content (AvgIpc) is 2.60. The third-order valence-electron chi connectivity index (χ3n) is 3.55. The van der Waals surface area contributed by atoms with Crippen molar-refractivity contribution in [2.45, 2.75) is 6.92 Å². The standard InChI is InChI=1S/C17H17N3O5/c1-11-13(8-5-9-15(11)20(23)24)18-10-16(21)19-14-7-4-3-6-12(14)17(22)25-2/h3-9,18H,10H2,1-2H3,(H,19,21). The topological polar surface area (TPSA) is 111 Å². The number of nitro benzene ring substituents is 1. The van der Waals surface area contributed by atoms with Gasteiger partial charge in [0.1, 0.15) is 0 Å². The van der Waals surface area contributed by atoms with Gasteiger partial charge in [-0.1, -0.05) is 18.2 Å². The van der Waals surface area contributed by atoms with Crippen LogP contribution in [0.1, 0.15) is 15.9 Å². The Hall–Kier alpha value is -3.42. The molecular formula is C17H17N3O5. The first kappa shape index (κ1) is 17.9. The Bertz CT molecular complexity index is 820. The molecule has 0 bridgehead atoms. The lowest BCUT2D eigenvalue weighted by Gasteiger charge is -2.12. The van der Waals surface area contributed by atoms with Gasteiger partial charge >= 0.3 is 5.97 Å². The van der Waals surface area contributed by atoms with E-state index in [4.69, 9.17) is 0 Å². The molecule has 25 heavy (non-hydrogen) atoms. The molecular weight excluding hydrogens is 326 g/mol. The quantitative estimate of drug-likeness (QED) is 0.474. The van der Waals surface area contributed by atoms with Crippen LogP contribution in [-0.2, 0) is 9.53 Å². The van der Waals surface area contributed by atoms with Crippen LogP contribution in [0.2, 0.25) is 0 Å². The molecule has 0 heterocycles. The van der Waals surface area contributed by atoms with Gasteiger partial charge in [0.25, 0.3) is 5.69 Å². The molecule has 0 atom stereocenters. The predicted molar refractivity (Wildman–Crippen MR) is 92.7 cm³/mol. The number of nitrogens with zero attached hydrogens (tertiary/aromatic N) is 1. The number of para-hydroxylation sites is 1. The number of nitrogens with one attached hydrogen (secondary N) is 2. The van der Waals surface area contributed by atoms with Crippen LogP contribution in [0.25, 0.3) is 0 Å². The zero-order valence-corrected chi connectivity index (χ0v) is 13.7. The number of carbonyl (C=O) groups is 2. The van der Waals surface area contributed by atoms with Crippen molar-refractivity contribution < 1.29 is 19.2 Å². The van der Waals surface area contributed by atoms with Crippen LogP contribution in [-0.4, -0.2) is 30.5 Å². The summed E-state index contributed by atoms with van der Waals surface area (Å²) in [5, 5.41) is 16.4. The highest BCUT2D eigenvalue weighted by Gasteiger charge is 2.15. The van der Waals surface area contributed by atoms with Gasteiger partial charge in [0.05, 0.1) is 29.8 Å². The molecule has 2 rings (SSSR count). The van der Waals surface area contributed by atoms with Crippen LogP contribution in [0.15, 0.2) is 42.5 Å². The molecule has 0 fully saturated rings. The maximum Gasteiger partial charge on any atom is 0.339 e. The molecule has 0 aliphatic heterocycles. The number of anilines is 2. The molecule has 0 unspecified atom stereocenters. The van der Waals surface area contributed by atoms with Gasteiger partial charge in [0, 0.05) is 17.3 Å². The molecule has 0 radical (unpaired) electrons. The van der Waals surface area contributed by atoms with Crippen LogP contribution in [0.4, 0.5) is 17.1 Å². The Morgan fingerprint density at radius 2 is 1.80 bits per heavy atom. The Labute approximate surface area is 144 Å². The number of carbonyl (C=O) groups excluding carboxylic acids is 2. The van der Waals surface area contributed by atoms with E-state index in [-0.39, 0.29) is 17.8 Å². The van der Waals surface area contributed by atoms with Crippen molar-refractivity contribution in [3.05, 3.63) is 63.7 Å². The molecule has 0 aliphatic rings. The van der Waals surface area contributed by atoms with E-state index < -0.39 is 16.8 Å². The van der Waals surface area contributed by atoms with Gasteiger partial charge in [-0.15, -0.1) is 0 Å². The fourth-order valence-corrected chi connectivity index (χ4v) is 2.26. The van der Waals surface area contributed by atoms with Crippen LogP contribution in [0.3, 0.4) is 0 Å². The van der Waals surface area contributed by atoms with Gasteiger partial charge in [-0.3, -0.25) is 14.9 Å². The lowest BCUT2D eigenvalue weighted by Crippen LogP contribution is -2.23. The van der Waals surface area contributed by atoms with Crippen molar-refractivity contribution in [1.82, 2.24) is 0 Å². The molecule has 8 heteroatoms. The van der Waals surface area contributed by atoms with E-state index in [1.165, 1.54) is 19.2 Å². The number of nitro groups is 1. The number of amides is 1. The molecule has 130 valence electrons. The minimum atomic E-state index is -0.557. The summed E-state index contributed by atoms with van der Waals surface area (Å²) in [6.45, 7) is 1.49. The zero-order chi connectivity index (χ0) is 18.4. The first-order valence-electron chi connectivity index (χ1n) is 7.39. The van der Waals surface area contributed by atoms with Gasteiger partial charge in [-0.2, -0.15) is 0 Å². The minimum absolute atomic E-state index is 0.0264. The fraction of sp³-hybridized carbons (Fsp3) is 0.176. The van der Waals surface area contributed by atoms with Gasteiger partial charge in [-0.05, 0) is 25.1 Å². The summed E-state index contributed by atoms with van der Waals surface area (Å²) >= 11 is 0. The lowest BCUT2D eigenvalue weighted by atomic mass is 10.1. The molecule has 0 aromatic heterocycles. The number of ether oxygens (including phenoxy) is 1. The monoisotopic (exact) mass is 343 g/mol. The molecule has 2 N–H and O–H groups in total. The van der Waals surface area contributed by atoms with Crippen molar-refractivity contribution in [3.63, 3.8) is 0 Å². The largest absolute Gasteiger partial charge is 0.465 e. The van der Waals surface area contributed by atoms with Crippen molar-refractivity contribution >= 4 is 28.9 Å².